The van der Waals surface area contributed by atoms with Gasteiger partial charge in [-0.2, -0.15) is 13.2 Å². The normalized spacial score (nSPS) is 13.1. The van der Waals surface area contributed by atoms with Gasteiger partial charge >= 0.3 is 6.18 Å². The van der Waals surface area contributed by atoms with E-state index in [9.17, 15) is 17.6 Å². The van der Waals surface area contributed by atoms with Gasteiger partial charge in [-0.1, -0.05) is 23.7 Å². The number of hydrogen-bond acceptors (Lipinski definition) is 1. The maximum Gasteiger partial charge on any atom is 0.390 e. The highest BCUT2D eigenvalue weighted by Crippen LogP contribution is 2.30. The molecular formula is C9H9Cl2F4N. The third-order valence-electron chi connectivity index (χ3n) is 1.83. The minimum absolute atomic E-state index is 0. The summed E-state index contributed by atoms with van der Waals surface area (Å²) < 4.78 is 49.2. The Hall–Kier alpha value is -0.520. The maximum absolute atomic E-state index is 13.2. The standard InChI is InChI=1S/C9H8ClF4N.ClH/c10-6-3-1-2-5(8(6)11)7(15)4-9(12,13)14;/h1-3,7H,4,15H2;1H/t7-;/m1./s1. The van der Waals surface area contributed by atoms with Gasteiger partial charge in [0.25, 0.3) is 0 Å². The van der Waals surface area contributed by atoms with E-state index in [1.807, 2.05) is 0 Å². The molecule has 0 radical (unpaired) electrons. The largest absolute Gasteiger partial charge is 0.390 e. The van der Waals surface area contributed by atoms with E-state index in [0.29, 0.717) is 0 Å². The molecule has 7 heteroatoms. The number of rotatable bonds is 2. The van der Waals surface area contributed by atoms with E-state index in [-0.39, 0.29) is 23.0 Å². The monoisotopic (exact) mass is 277 g/mol. The number of alkyl halides is 3. The lowest BCUT2D eigenvalue weighted by Crippen LogP contribution is -2.21. The maximum atomic E-state index is 13.2. The highest BCUT2D eigenvalue weighted by atomic mass is 35.5. The fraction of sp³-hybridized carbons (Fsp3) is 0.333. The van der Waals surface area contributed by atoms with Crippen LogP contribution >= 0.6 is 24.0 Å². The van der Waals surface area contributed by atoms with Crippen molar-refractivity contribution in [2.45, 2.75) is 18.6 Å². The van der Waals surface area contributed by atoms with Crippen LogP contribution in [0.15, 0.2) is 18.2 Å². The summed E-state index contributed by atoms with van der Waals surface area (Å²) in [4.78, 5) is 0. The lowest BCUT2D eigenvalue weighted by atomic mass is 10.0. The first kappa shape index (κ1) is 15.5. The Labute approximate surface area is 101 Å². The molecule has 0 heterocycles. The van der Waals surface area contributed by atoms with Crippen molar-refractivity contribution in [1.29, 1.82) is 0 Å². The summed E-state index contributed by atoms with van der Waals surface area (Å²) in [5.74, 6) is -0.893. The van der Waals surface area contributed by atoms with E-state index >= 15 is 0 Å². The zero-order valence-corrected chi connectivity index (χ0v) is 9.46. The van der Waals surface area contributed by atoms with Gasteiger partial charge in [-0.3, -0.25) is 0 Å². The molecule has 1 nitrogen and oxygen atoms in total. The van der Waals surface area contributed by atoms with Gasteiger partial charge in [-0.05, 0) is 6.07 Å². The minimum atomic E-state index is -4.42. The predicted molar refractivity (Wildman–Crippen MR) is 56.3 cm³/mol. The van der Waals surface area contributed by atoms with E-state index in [0.717, 1.165) is 0 Å². The Morgan fingerprint density at radius 1 is 1.31 bits per heavy atom. The fourth-order valence-electron chi connectivity index (χ4n) is 1.17. The highest BCUT2D eigenvalue weighted by molar-refractivity contribution is 6.30. The molecule has 1 atom stereocenters. The molecule has 0 amide bonds. The smallest absolute Gasteiger partial charge is 0.324 e. The first-order chi connectivity index (χ1) is 6.81. The molecule has 0 aliphatic carbocycles. The molecule has 0 unspecified atom stereocenters. The summed E-state index contributed by atoms with van der Waals surface area (Å²) in [5.41, 5.74) is 5.01. The molecule has 92 valence electrons. The Balaban J connectivity index is 0.00000225. The van der Waals surface area contributed by atoms with Crippen LogP contribution in [0.3, 0.4) is 0 Å². The fourth-order valence-corrected chi connectivity index (χ4v) is 1.35. The summed E-state index contributed by atoms with van der Waals surface area (Å²) in [6.07, 6.45) is -5.70. The molecule has 1 aromatic carbocycles. The van der Waals surface area contributed by atoms with Crippen LogP contribution in [0.2, 0.25) is 5.02 Å². The van der Waals surface area contributed by atoms with Gasteiger partial charge in [-0.25, -0.2) is 4.39 Å². The van der Waals surface area contributed by atoms with Gasteiger partial charge in [-0.15, -0.1) is 12.4 Å². The zero-order chi connectivity index (χ0) is 11.6. The van der Waals surface area contributed by atoms with Gasteiger partial charge in [0, 0.05) is 11.6 Å². The Kier molecular flexibility index (Phi) is 5.52. The Morgan fingerprint density at radius 2 is 1.88 bits per heavy atom. The number of hydrogen-bond donors (Lipinski definition) is 1. The van der Waals surface area contributed by atoms with Crippen molar-refractivity contribution < 1.29 is 17.6 Å². The molecular weight excluding hydrogens is 269 g/mol. The number of nitrogens with two attached hydrogens (primary N) is 1. The van der Waals surface area contributed by atoms with Crippen LogP contribution in [0, 0.1) is 5.82 Å². The van der Waals surface area contributed by atoms with E-state index < -0.39 is 24.5 Å². The van der Waals surface area contributed by atoms with Gasteiger partial charge in [0.1, 0.15) is 5.82 Å². The van der Waals surface area contributed by atoms with Crippen LogP contribution in [0.5, 0.6) is 0 Å². The number of benzene rings is 1. The summed E-state index contributed by atoms with van der Waals surface area (Å²) in [6.45, 7) is 0. The average Bonchev–Trinajstić information content (AvgIpc) is 2.06. The molecule has 16 heavy (non-hydrogen) atoms. The van der Waals surface area contributed by atoms with Gasteiger partial charge in [0.05, 0.1) is 11.4 Å². The molecule has 0 fully saturated rings. The van der Waals surface area contributed by atoms with E-state index in [2.05, 4.69) is 0 Å². The van der Waals surface area contributed by atoms with Crippen molar-refractivity contribution in [3.05, 3.63) is 34.6 Å². The molecule has 1 aromatic rings. The van der Waals surface area contributed by atoms with E-state index in [1.54, 1.807) is 0 Å². The third kappa shape index (κ3) is 4.15. The van der Waals surface area contributed by atoms with Gasteiger partial charge < -0.3 is 5.73 Å². The summed E-state index contributed by atoms with van der Waals surface area (Å²) in [5, 5.41) is -0.231. The van der Waals surface area contributed by atoms with E-state index in [4.69, 9.17) is 17.3 Å². The minimum Gasteiger partial charge on any atom is -0.324 e. The molecule has 2 N–H and O–H groups in total. The van der Waals surface area contributed by atoms with Crippen LogP contribution in [-0.4, -0.2) is 6.18 Å². The topological polar surface area (TPSA) is 26.0 Å². The lowest BCUT2D eigenvalue weighted by molar-refractivity contribution is -0.138. The van der Waals surface area contributed by atoms with Crippen LogP contribution in [-0.2, 0) is 0 Å². The second-order valence-corrected chi connectivity index (χ2v) is 3.48. The molecule has 0 bridgehead atoms. The molecule has 0 saturated heterocycles. The lowest BCUT2D eigenvalue weighted by Gasteiger charge is -2.15. The van der Waals surface area contributed by atoms with Crippen molar-refractivity contribution in [2.75, 3.05) is 0 Å². The quantitative estimate of drug-likeness (QED) is 0.817. The second kappa shape index (κ2) is 5.70. The Morgan fingerprint density at radius 3 is 2.38 bits per heavy atom. The van der Waals surface area contributed by atoms with Crippen molar-refractivity contribution in [3.63, 3.8) is 0 Å². The summed E-state index contributed by atoms with van der Waals surface area (Å²) in [7, 11) is 0. The van der Waals surface area contributed by atoms with Gasteiger partial charge in [0.15, 0.2) is 0 Å². The van der Waals surface area contributed by atoms with Crippen LogP contribution in [0.25, 0.3) is 0 Å². The first-order valence-electron chi connectivity index (χ1n) is 4.07. The highest BCUT2D eigenvalue weighted by Gasteiger charge is 2.32. The number of halogens is 6. The third-order valence-corrected chi connectivity index (χ3v) is 2.12. The van der Waals surface area contributed by atoms with Crippen molar-refractivity contribution in [2.24, 2.45) is 5.73 Å². The van der Waals surface area contributed by atoms with Crippen LogP contribution < -0.4 is 5.73 Å². The molecule has 0 aliphatic heterocycles. The van der Waals surface area contributed by atoms with Crippen LogP contribution in [0.4, 0.5) is 17.6 Å². The molecule has 0 spiro atoms. The summed E-state index contributed by atoms with van der Waals surface area (Å²) >= 11 is 5.42. The second-order valence-electron chi connectivity index (χ2n) is 3.07. The van der Waals surface area contributed by atoms with E-state index in [1.165, 1.54) is 18.2 Å². The first-order valence-corrected chi connectivity index (χ1v) is 4.45. The predicted octanol–water partition coefficient (Wildman–Crippen LogP) is 3.85. The van der Waals surface area contributed by atoms with Gasteiger partial charge in [0.2, 0.25) is 0 Å². The van der Waals surface area contributed by atoms with Crippen molar-refractivity contribution >= 4 is 24.0 Å². The van der Waals surface area contributed by atoms with Crippen molar-refractivity contribution in [1.82, 2.24) is 0 Å². The molecule has 0 aromatic heterocycles. The molecule has 0 saturated carbocycles. The SMILES string of the molecule is Cl.N[C@H](CC(F)(F)F)c1cccc(Cl)c1F. The van der Waals surface area contributed by atoms with Crippen LogP contribution in [0.1, 0.15) is 18.0 Å². The molecule has 0 aliphatic rings. The Bertz CT molecular complexity index is 354. The molecule has 1 rings (SSSR count). The zero-order valence-electron chi connectivity index (χ0n) is 7.89. The average molecular weight is 278 g/mol. The summed E-state index contributed by atoms with van der Waals surface area (Å²) in [6, 6.07) is 2.37. The van der Waals surface area contributed by atoms with Crippen molar-refractivity contribution in [3.8, 4) is 0 Å².